The van der Waals surface area contributed by atoms with Gasteiger partial charge in [0, 0.05) is 6.54 Å². The van der Waals surface area contributed by atoms with Gasteiger partial charge < -0.3 is 10.3 Å². The van der Waals surface area contributed by atoms with Gasteiger partial charge in [-0.15, -0.1) is 0 Å². The largest absolute Gasteiger partial charge is 0.322 e. The lowest BCUT2D eigenvalue weighted by molar-refractivity contribution is 0.603. The zero-order valence-corrected chi connectivity index (χ0v) is 13.8. The van der Waals surface area contributed by atoms with Crippen LogP contribution in [0.3, 0.4) is 0 Å². The summed E-state index contributed by atoms with van der Waals surface area (Å²) >= 11 is 0. The number of hydrogen-bond acceptors (Lipinski definition) is 2. The van der Waals surface area contributed by atoms with Crippen molar-refractivity contribution in [3.63, 3.8) is 0 Å². The monoisotopic (exact) mass is 311 g/mol. The highest BCUT2D eigenvalue weighted by atomic mass is 19.1. The summed E-state index contributed by atoms with van der Waals surface area (Å²) in [6.45, 7) is 6.89. The Morgan fingerprint density at radius 1 is 1.13 bits per heavy atom. The molecule has 0 fully saturated rings. The second kappa shape index (κ2) is 6.13. The first-order chi connectivity index (χ1) is 11.0. The molecule has 0 amide bonds. The van der Waals surface area contributed by atoms with Crippen molar-refractivity contribution in [1.29, 1.82) is 0 Å². The molecule has 0 spiro atoms. The Balaban J connectivity index is 2.14. The Morgan fingerprint density at radius 2 is 1.78 bits per heavy atom. The maximum atomic E-state index is 13.1. The van der Waals surface area contributed by atoms with Crippen LogP contribution in [0.4, 0.5) is 4.39 Å². The molecule has 1 heterocycles. The Morgan fingerprint density at radius 3 is 2.43 bits per heavy atom. The molecule has 120 valence electrons. The third-order valence-corrected chi connectivity index (χ3v) is 4.42. The molecule has 0 aliphatic carbocycles. The van der Waals surface area contributed by atoms with E-state index < -0.39 is 0 Å². The number of nitrogens with zero attached hydrogens (tertiary/aromatic N) is 2. The lowest BCUT2D eigenvalue weighted by Gasteiger charge is -2.14. The number of fused-ring (bicyclic) bond motifs is 1. The van der Waals surface area contributed by atoms with Crippen molar-refractivity contribution >= 4 is 11.0 Å². The van der Waals surface area contributed by atoms with Crippen molar-refractivity contribution in [2.24, 2.45) is 5.73 Å². The molecule has 1 unspecified atom stereocenters. The van der Waals surface area contributed by atoms with E-state index in [4.69, 9.17) is 10.7 Å². The van der Waals surface area contributed by atoms with Gasteiger partial charge in [0.2, 0.25) is 0 Å². The number of nitrogens with two attached hydrogens (primary N) is 1. The molecule has 3 aromatic rings. The van der Waals surface area contributed by atoms with Crippen LogP contribution >= 0.6 is 0 Å². The number of aromatic nitrogens is 2. The fourth-order valence-corrected chi connectivity index (χ4v) is 2.80. The maximum Gasteiger partial charge on any atom is 0.127 e. The van der Waals surface area contributed by atoms with Crippen LogP contribution in [0.5, 0.6) is 0 Å². The molecule has 3 rings (SSSR count). The molecular formula is C19H22FN3. The number of hydrogen-bond donors (Lipinski definition) is 1. The normalized spacial score (nSPS) is 12.7. The molecule has 1 atom stereocenters. The molecule has 1 aromatic heterocycles. The van der Waals surface area contributed by atoms with Crippen LogP contribution in [0.2, 0.25) is 0 Å². The molecule has 3 nitrogen and oxygen atoms in total. The van der Waals surface area contributed by atoms with Crippen molar-refractivity contribution in [3.05, 3.63) is 64.7 Å². The molecule has 0 saturated carbocycles. The first kappa shape index (κ1) is 15.7. The van der Waals surface area contributed by atoms with E-state index in [0.29, 0.717) is 6.54 Å². The first-order valence-electron chi connectivity index (χ1n) is 7.97. The smallest absolute Gasteiger partial charge is 0.127 e. The first-order valence-corrected chi connectivity index (χ1v) is 7.97. The lowest BCUT2D eigenvalue weighted by atomic mass is 10.1. The van der Waals surface area contributed by atoms with Gasteiger partial charge in [-0.25, -0.2) is 9.37 Å². The van der Waals surface area contributed by atoms with E-state index >= 15 is 0 Å². The van der Waals surface area contributed by atoms with E-state index in [9.17, 15) is 4.39 Å². The average Bonchev–Trinajstić information content (AvgIpc) is 2.87. The molecular weight excluding hydrogens is 289 g/mol. The zero-order valence-electron chi connectivity index (χ0n) is 13.8. The summed E-state index contributed by atoms with van der Waals surface area (Å²) in [5.74, 6) is 0.665. The average molecular weight is 311 g/mol. The molecule has 2 aromatic carbocycles. The van der Waals surface area contributed by atoms with E-state index in [1.54, 1.807) is 0 Å². The van der Waals surface area contributed by atoms with Crippen molar-refractivity contribution in [3.8, 4) is 0 Å². The minimum absolute atomic E-state index is 0.108. The maximum absolute atomic E-state index is 13.1. The third kappa shape index (κ3) is 2.99. The second-order valence-corrected chi connectivity index (χ2v) is 6.12. The van der Waals surface area contributed by atoms with Crippen molar-refractivity contribution in [2.75, 3.05) is 0 Å². The number of benzene rings is 2. The molecule has 0 bridgehead atoms. The van der Waals surface area contributed by atoms with Gasteiger partial charge >= 0.3 is 0 Å². The van der Waals surface area contributed by atoms with E-state index in [0.717, 1.165) is 28.8 Å². The molecule has 4 heteroatoms. The summed E-state index contributed by atoms with van der Waals surface area (Å²) in [6.07, 6.45) is 0.824. The van der Waals surface area contributed by atoms with Crippen molar-refractivity contribution < 1.29 is 4.39 Å². The topological polar surface area (TPSA) is 43.8 Å². The molecule has 2 N–H and O–H groups in total. The molecule has 0 radical (unpaired) electrons. The molecule has 23 heavy (non-hydrogen) atoms. The van der Waals surface area contributed by atoms with Crippen LogP contribution in [0, 0.1) is 19.7 Å². The Hall–Kier alpha value is -2.20. The van der Waals surface area contributed by atoms with Crippen molar-refractivity contribution in [1.82, 2.24) is 9.55 Å². The van der Waals surface area contributed by atoms with E-state index in [-0.39, 0.29) is 11.9 Å². The van der Waals surface area contributed by atoms with Gasteiger partial charge in [-0.1, -0.05) is 19.1 Å². The van der Waals surface area contributed by atoms with E-state index in [2.05, 4.69) is 37.5 Å². The van der Waals surface area contributed by atoms with Gasteiger partial charge in [-0.3, -0.25) is 0 Å². The highest BCUT2D eigenvalue weighted by molar-refractivity contribution is 5.78. The van der Waals surface area contributed by atoms with Gasteiger partial charge in [0.1, 0.15) is 11.6 Å². The minimum atomic E-state index is -0.221. The predicted octanol–water partition coefficient (Wildman–Crippen LogP) is 4.25. The quantitative estimate of drug-likeness (QED) is 0.783. The van der Waals surface area contributed by atoms with Gasteiger partial charge in [-0.05, 0) is 61.2 Å². The van der Waals surface area contributed by atoms with E-state index in [1.807, 2.05) is 12.1 Å². The molecule has 0 aliphatic rings. The third-order valence-electron chi connectivity index (χ3n) is 4.42. The fraction of sp³-hybridized carbons (Fsp3) is 0.316. The number of rotatable bonds is 4. The fourth-order valence-electron chi connectivity index (χ4n) is 2.80. The standard InChI is InChI=1S/C19H22FN3/c1-4-16(21)19-22-17-9-12(2)13(3)10-18(17)23(19)11-14-5-7-15(20)8-6-14/h5-10,16H,4,11,21H2,1-3H3. The van der Waals surface area contributed by atoms with Crippen LogP contribution in [0.15, 0.2) is 36.4 Å². The second-order valence-electron chi connectivity index (χ2n) is 6.12. The zero-order chi connectivity index (χ0) is 16.6. The Bertz CT molecular complexity index is 834. The van der Waals surface area contributed by atoms with Gasteiger partial charge in [0.15, 0.2) is 0 Å². The summed E-state index contributed by atoms with van der Waals surface area (Å²) < 4.78 is 15.3. The van der Waals surface area contributed by atoms with Crippen LogP contribution < -0.4 is 5.73 Å². The minimum Gasteiger partial charge on any atom is -0.322 e. The van der Waals surface area contributed by atoms with Gasteiger partial charge in [0.25, 0.3) is 0 Å². The number of aryl methyl sites for hydroxylation is 2. The van der Waals surface area contributed by atoms with Crippen LogP contribution in [-0.4, -0.2) is 9.55 Å². The SMILES string of the molecule is CCC(N)c1nc2cc(C)c(C)cc2n1Cc1ccc(F)cc1. The summed E-state index contributed by atoms with van der Waals surface area (Å²) in [5.41, 5.74) is 11.8. The summed E-state index contributed by atoms with van der Waals surface area (Å²) in [5, 5.41) is 0. The van der Waals surface area contributed by atoms with Gasteiger partial charge in [-0.2, -0.15) is 0 Å². The lowest BCUT2D eigenvalue weighted by Crippen LogP contribution is -2.16. The number of halogens is 1. The summed E-state index contributed by atoms with van der Waals surface area (Å²) in [6, 6.07) is 10.8. The van der Waals surface area contributed by atoms with Crippen LogP contribution in [-0.2, 0) is 6.54 Å². The predicted molar refractivity (Wildman–Crippen MR) is 91.9 cm³/mol. The highest BCUT2D eigenvalue weighted by Crippen LogP contribution is 2.25. The van der Waals surface area contributed by atoms with Gasteiger partial charge in [0.05, 0.1) is 17.1 Å². The summed E-state index contributed by atoms with van der Waals surface area (Å²) in [7, 11) is 0. The highest BCUT2D eigenvalue weighted by Gasteiger charge is 2.17. The van der Waals surface area contributed by atoms with Crippen molar-refractivity contribution in [2.45, 2.75) is 39.8 Å². The number of imidazole rings is 1. The van der Waals surface area contributed by atoms with Crippen LogP contribution in [0.1, 0.15) is 41.9 Å². The molecule has 0 aliphatic heterocycles. The summed E-state index contributed by atoms with van der Waals surface area (Å²) in [4.78, 5) is 4.76. The molecule has 0 saturated heterocycles. The van der Waals surface area contributed by atoms with E-state index in [1.165, 1.54) is 23.3 Å². The Kier molecular flexibility index (Phi) is 4.18. The van der Waals surface area contributed by atoms with Crippen LogP contribution in [0.25, 0.3) is 11.0 Å². The Labute approximate surface area is 136 Å².